The number of Topliss-reactive ketones (excluding diaryl/α,β-unsaturated/α-hetero) is 1. The summed E-state index contributed by atoms with van der Waals surface area (Å²) in [5.41, 5.74) is 0. The van der Waals surface area contributed by atoms with Crippen molar-refractivity contribution in [1.29, 1.82) is 0 Å². The maximum atomic E-state index is 11.6. The van der Waals surface area contributed by atoms with Crippen molar-refractivity contribution in [3.8, 4) is 0 Å². The van der Waals surface area contributed by atoms with E-state index in [1.54, 1.807) is 0 Å². The van der Waals surface area contributed by atoms with Gasteiger partial charge in [0.25, 0.3) is 0 Å². The highest BCUT2D eigenvalue weighted by atomic mass is 32.2. The van der Waals surface area contributed by atoms with Crippen LogP contribution >= 0.6 is 11.8 Å². The molecule has 1 unspecified atom stereocenters. The smallest absolute Gasteiger partial charge is 0.230 e. The Morgan fingerprint density at radius 1 is 1.47 bits per heavy atom. The average molecular weight is 227 g/mol. The van der Waals surface area contributed by atoms with Gasteiger partial charge in [-0.05, 0) is 25.5 Å². The number of amides is 1. The molecule has 0 N–H and O–H groups in total. The van der Waals surface area contributed by atoms with E-state index in [1.165, 1.54) is 18.6 Å². The number of carbonyl (C=O) groups is 2. The van der Waals surface area contributed by atoms with Crippen molar-refractivity contribution in [1.82, 2.24) is 4.90 Å². The number of ketones is 1. The fraction of sp³-hybridized carbons (Fsp3) is 0.818. The zero-order chi connectivity index (χ0) is 10.9. The van der Waals surface area contributed by atoms with Crippen molar-refractivity contribution in [3.63, 3.8) is 0 Å². The van der Waals surface area contributed by atoms with Crippen LogP contribution in [0.2, 0.25) is 0 Å². The second kappa shape index (κ2) is 4.16. The Hall–Kier alpha value is -0.510. The second-order valence-corrected chi connectivity index (χ2v) is 6.37. The molecule has 0 bridgehead atoms. The van der Waals surface area contributed by atoms with Crippen LogP contribution in [0.25, 0.3) is 0 Å². The molecule has 2 rings (SSSR count). The second-order valence-electron chi connectivity index (χ2n) is 4.68. The Bertz CT molecular complexity index is 284. The summed E-state index contributed by atoms with van der Waals surface area (Å²) in [5.74, 6) is 1.33. The lowest BCUT2D eigenvalue weighted by molar-refractivity contribution is -0.139. The summed E-state index contributed by atoms with van der Waals surface area (Å²) in [6.07, 6.45) is 3.12. The summed E-state index contributed by atoms with van der Waals surface area (Å²) < 4.78 is 0.232. The Morgan fingerprint density at radius 3 is 2.87 bits per heavy atom. The third kappa shape index (κ3) is 2.54. The van der Waals surface area contributed by atoms with E-state index in [0.717, 1.165) is 6.54 Å². The van der Waals surface area contributed by atoms with Crippen molar-refractivity contribution in [2.24, 2.45) is 0 Å². The van der Waals surface area contributed by atoms with E-state index in [-0.39, 0.29) is 22.9 Å². The number of hydrogen-bond acceptors (Lipinski definition) is 3. The van der Waals surface area contributed by atoms with Gasteiger partial charge >= 0.3 is 0 Å². The molecule has 1 amide bonds. The number of piperidine rings is 1. The van der Waals surface area contributed by atoms with Crippen LogP contribution in [0.3, 0.4) is 0 Å². The number of rotatable bonds is 2. The van der Waals surface area contributed by atoms with Crippen LogP contribution in [0.1, 0.15) is 32.6 Å². The van der Waals surface area contributed by atoms with Gasteiger partial charge < -0.3 is 4.90 Å². The molecule has 2 aliphatic heterocycles. The fourth-order valence-corrected chi connectivity index (χ4v) is 3.60. The first-order valence-corrected chi connectivity index (χ1v) is 6.51. The molecule has 0 saturated carbocycles. The third-order valence-electron chi connectivity index (χ3n) is 3.19. The first kappa shape index (κ1) is 11.0. The van der Waals surface area contributed by atoms with Crippen molar-refractivity contribution >= 4 is 23.5 Å². The molecule has 1 atom stereocenters. The Kier molecular flexibility index (Phi) is 3.05. The molecule has 3 nitrogen and oxygen atoms in total. The lowest BCUT2D eigenvalue weighted by Gasteiger charge is -2.33. The van der Waals surface area contributed by atoms with E-state index in [1.807, 2.05) is 16.7 Å². The topological polar surface area (TPSA) is 37.4 Å². The van der Waals surface area contributed by atoms with Gasteiger partial charge in [0.2, 0.25) is 5.91 Å². The van der Waals surface area contributed by atoms with Gasteiger partial charge in [0.1, 0.15) is 5.78 Å². The lowest BCUT2D eigenvalue weighted by atomic mass is 10.0. The Labute approximate surface area is 94.6 Å². The van der Waals surface area contributed by atoms with Crippen LogP contribution in [0.15, 0.2) is 0 Å². The summed E-state index contributed by atoms with van der Waals surface area (Å²) >= 11 is 1.96. The molecule has 2 saturated heterocycles. The van der Waals surface area contributed by atoms with Gasteiger partial charge in [-0.25, -0.2) is 0 Å². The highest BCUT2D eigenvalue weighted by molar-refractivity contribution is 8.00. The molecule has 0 spiro atoms. The van der Waals surface area contributed by atoms with Crippen molar-refractivity contribution in [2.75, 3.05) is 18.8 Å². The lowest BCUT2D eigenvalue weighted by Crippen LogP contribution is -2.45. The molecule has 0 aromatic carbocycles. The summed E-state index contributed by atoms with van der Waals surface area (Å²) in [4.78, 5) is 24.6. The minimum absolute atomic E-state index is 0.0278. The van der Waals surface area contributed by atoms with Gasteiger partial charge in [0, 0.05) is 24.3 Å². The minimum atomic E-state index is 0.0278. The molecule has 4 heteroatoms. The minimum Gasteiger partial charge on any atom is -0.340 e. The fourth-order valence-electron chi connectivity index (χ4n) is 2.29. The summed E-state index contributed by atoms with van der Waals surface area (Å²) in [5, 5.41) is 0. The number of nitrogens with zero attached hydrogens (tertiary/aromatic N) is 1. The molecular weight excluding hydrogens is 210 g/mol. The van der Waals surface area contributed by atoms with E-state index >= 15 is 0 Å². The average Bonchev–Trinajstić information content (AvgIpc) is 2.58. The maximum Gasteiger partial charge on any atom is 0.230 e. The first-order valence-electron chi connectivity index (χ1n) is 5.52. The molecule has 0 aliphatic carbocycles. The zero-order valence-electron chi connectivity index (χ0n) is 9.12. The van der Waals surface area contributed by atoms with Crippen LogP contribution in [0.4, 0.5) is 0 Å². The SMILES string of the molecule is CC1(CN2CCC(=O)CC2=O)CCCS1. The molecule has 84 valence electrons. The van der Waals surface area contributed by atoms with E-state index < -0.39 is 0 Å². The molecule has 0 aromatic heterocycles. The number of likely N-dealkylation sites (tertiary alicyclic amines) is 1. The Balaban J connectivity index is 1.94. The van der Waals surface area contributed by atoms with Crippen LogP contribution in [0.5, 0.6) is 0 Å². The number of hydrogen-bond donors (Lipinski definition) is 0. The van der Waals surface area contributed by atoms with E-state index in [2.05, 4.69) is 6.92 Å². The molecule has 2 aliphatic rings. The first-order chi connectivity index (χ1) is 7.09. The monoisotopic (exact) mass is 227 g/mol. The highest BCUT2D eigenvalue weighted by Crippen LogP contribution is 2.38. The van der Waals surface area contributed by atoms with E-state index in [0.29, 0.717) is 13.0 Å². The predicted molar refractivity (Wildman–Crippen MR) is 60.9 cm³/mol. The van der Waals surface area contributed by atoms with Crippen molar-refractivity contribution in [2.45, 2.75) is 37.4 Å². The van der Waals surface area contributed by atoms with Crippen LogP contribution in [-0.4, -0.2) is 40.2 Å². The normalized spacial score (nSPS) is 32.5. The van der Waals surface area contributed by atoms with Gasteiger partial charge in [-0.1, -0.05) is 0 Å². The standard InChI is InChI=1S/C11H17NO2S/c1-11(4-2-6-15-11)8-12-5-3-9(13)7-10(12)14/h2-8H2,1H3. The van der Waals surface area contributed by atoms with Crippen LogP contribution < -0.4 is 0 Å². The summed E-state index contributed by atoms with van der Waals surface area (Å²) in [7, 11) is 0. The molecule has 2 fully saturated rings. The van der Waals surface area contributed by atoms with Gasteiger partial charge in [0.15, 0.2) is 0 Å². The van der Waals surface area contributed by atoms with E-state index in [4.69, 9.17) is 0 Å². The summed E-state index contributed by atoms with van der Waals surface area (Å²) in [6.45, 7) is 3.69. The molecule has 0 aromatic rings. The molecule has 2 heterocycles. The van der Waals surface area contributed by atoms with Gasteiger partial charge in [-0.2, -0.15) is 11.8 Å². The van der Waals surface area contributed by atoms with Crippen LogP contribution in [-0.2, 0) is 9.59 Å². The highest BCUT2D eigenvalue weighted by Gasteiger charge is 2.34. The zero-order valence-corrected chi connectivity index (χ0v) is 9.94. The van der Waals surface area contributed by atoms with Crippen LogP contribution in [0, 0.1) is 0 Å². The van der Waals surface area contributed by atoms with Gasteiger partial charge in [0.05, 0.1) is 6.42 Å². The number of carbonyl (C=O) groups excluding carboxylic acids is 2. The van der Waals surface area contributed by atoms with Gasteiger partial charge in [-0.3, -0.25) is 9.59 Å². The largest absolute Gasteiger partial charge is 0.340 e. The van der Waals surface area contributed by atoms with Crippen molar-refractivity contribution < 1.29 is 9.59 Å². The summed E-state index contributed by atoms with van der Waals surface area (Å²) in [6, 6.07) is 0. The number of thioether (sulfide) groups is 1. The quantitative estimate of drug-likeness (QED) is 0.670. The molecular formula is C11H17NO2S. The third-order valence-corrected chi connectivity index (χ3v) is 4.71. The van der Waals surface area contributed by atoms with Gasteiger partial charge in [-0.15, -0.1) is 0 Å². The van der Waals surface area contributed by atoms with Crippen molar-refractivity contribution in [3.05, 3.63) is 0 Å². The van der Waals surface area contributed by atoms with E-state index in [9.17, 15) is 9.59 Å². The molecule has 0 radical (unpaired) electrons. The Morgan fingerprint density at radius 2 is 2.27 bits per heavy atom. The maximum absolute atomic E-state index is 11.6. The predicted octanol–water partition coefficient (Wildman–Crippen LogP) is 1.46. The molecule has 15 heavy (non-hydrogen) atoms.